The Morgan fingerprint density at radius 2 is 2.21 bits per heavy atom. The van der Waals surface area contributed by atoms with Gasteiger partial charge in [0.25, 0.3) is 0 Å². The molecule has 1 amide bonds. The fourth-order valence-corrected chi connectivity index (χ4v) is 5.89. The molecule has 1 atom stereocenters. The number of thiophene rings is 1. The van der Waals surface area contributed by atoms with Gasteiger partial charge in [-0.1, -0.05) is 17.8 Å². The molecule has 1 aliphatic carbocycles. The fraction of sp³-hybridized carbons (Fsp3) is 0.391. The van der Waals surface area contributed by atoms with Crippen LogP contribution in [-0.4, -0.2) is 38.5 Å². The third kappa shape index (κ3) is 4.91. The van der Waals surface area contributed by atoms with Gasteiger partial charge in [-0.25, -0.2) is 4.79 Å². The number of hydrogen-bond acceptors (Lipinski definition) is 8. The second-order valence-electron chi connectivity index (χ2n) is 7.57. The summed E-state index contributed by atoms with van der Waals surface area (Å²) in [7, 11) is 0. The van der Waals surface area contributed by atoms with Crippen molar-refractivity contribution < 1.29 is 18.7 Å². The molecule has 0 spiro atoms. The van der Waals surface area contributed by atoms with Crippen LogP contribution < -0.4 is 5.32 Å². The first-order chi connectivity index (χ1) is 16.0. The summed E-state index contributed by atoms with van der Waals surface area (Å²) in [6.45, 7) is 8.16. The van der Waals surface area contributed by atoms with Gasteiger partial charge in [0, 0.05) is 11.4 Å². The van der Waals surface area contributed by atoms with Crippen LogP contribution in [0.15, 0.2) is 40.6 Å². The number of thioether (sulfide) groups is 1. The number of carbonyl (C=O) groups excluding carboxylic acids is 2. The average Bonchev–Trinajstić information content (AvgIpc) is 3.53. The van der Waals surface area contributed by atoms with E-state index in [1.807, 2.05) is 10.6 Å². The first kappa shape index (κ1) is 23.3. The molecule has 33 heavy (non-hydrogen) atoms. The number of hydrogen-bond donors (Lipinski definition) is 1. The summed E-state index contributed by atoms with van der Waals surface area (Å²) in [5.41, 5.74) is 1.53. The zero-order valence-electron chi connectivity index (χ0n) is 18.6. The second kappa shape index (κ2) is 10.4. The van der Waals surface area contributed by atoms with Crippen molar-refractivity contribution in [3.63, 3.8) is 0 Å². The van der Waals surface area contributed by atoms with E-state index in [9.17, 15) is 9.59 Å². The molecule has 1 aliphatic rings. The van der Waals surface area contributed by atoms with Crippen molar-refractivity contribution in [2.45, 2.75) is 56.5 Å². The predicted molar refractivity (Wildman–Crippen MR) is 129 cm³/mol. The van der Waals surface area contributed by atoms with E-state index in [4.69, 9.17) is 9.15 Å². The fourth-order valence-electron chi connectivity index (χ4n) is 3.76. The Morgan fingerprint density at radius 1 is 1.39 bits per heavy atom. The number of amides is 1. The van der Waals surface area contributed by atoms with Gasteiger partial charge < -0.3 is 14.5 Å². The van der Waals surface area contributed by atoms with Gasteiger partial charge >= 0.3 is 5.97 Å². The lowest BCUT2D eigenvalue weighted by Crippen LogP contribution is -2.24. The highest BCUT2D eigenvalue weighted by Gasteiger charge is 2.29. The monoisotopic (exact) mass is 486 g/mol. The summed E-state index contributed by atoms with van der Waals surface area (Å²) >= 11 is 2.77. The highest BCUT2D eigenvalue weighted by molar-refractivity contribution is 8.00. The van der Waals surface area contributed by atoms with E-state index in [-0.39, 0.29) is 11.9 Å². The minimum Gasteiger partial charge on any atom is -0.462 e. The topological polar surface area (TPSA) is 99.2 Å². The number of anilines is 1. The molecule has 3 aromatic heterocycles. The maximum Gasteiger partial charge on any atom is 0.341 e. The molecule has 0 fully saturated rings. The van der Waals surface area contributed by atoms with Gasteiger partial charge in [-0.3, -0.25) is 9.36 Å². The Morgan fingerprint density at radius 3 is 2.94 bits per heavy atom. The Hall–Kier alpha value is -2.85. The van der Waals surface area contributed by atoms with E-state index >= 15 is 0 Å². The number of nitrogens with one attached hydrogen (secondary N) is 1. The molecule has 0 radical (unpaired) electrons. The third-order valence-electron chi connectivity index (χ3n) is 5.31. The Balaban J connectivity index is 1.54. The summed E-state index contributed by atoms with van der Waals surface area (Å²) in [5.74, 6) is 0.584. The number of carbonyl (C=O) groups is 2. The van der Waals surface area contributed by atoms with Gasteiger partial charge in [0.15, 0.2) is 10.9 Å². The zero-order valence-corrected chi connectivity index (χ0v) is 20.3. The lowest BCUT2D eigenvalue weighted by molar-refractivity contribution is -0.115. The van der Waals surface area contributed by atoms with Crippen molar-refractivity contribution in [3.05, 3.63) is 47.1 Å². The van der Waals surface area contributed by atoms with E-state index in [1.54, 1.807) is 32.3 Å². The van der Waals surface area contributed by atoms with Crippen molar-refractivity contribution >= 4 is 40.0 Å². The molecule has 1 N–H and O–H groups in total. The van der Waals surface area contributed by atoms with Crippen molar-refractivity contribution in [1.82, 2.24) is 14.8 Å². The van der Waals surface area contributed by atoms with E-state index in [2.05, 4.69) is 22.1 Å². The molecule has 0 saturated carbocycles. The molecule has 10 heteroatoms. The van der Waals surface area contributed by atoms with E-state index < -0.39 is 5.25 Å². The number of allylic oxidation sites excluding steroid dienone is 1. The van der Waals surface area contributed by atoms with Crippen LogP contribution in [0.5, 0.6) is 0 Å². The first-order valence-electron chi connectivity index (χ1n) is 10.9. The van der Waals surface area contributed by atoms with Crippen LogP contribution in [0.4, 0.5) is 5.00 Å². The molecule has 0 saturated heterocycles. The van der Waals surface area contributed by atoms with Crippen molar-refractivity contribution in [3.8, 4) is 11.6 Å². The Labute approximate surface area is 200 Å². The Bertz CT molecular complexity index is 1150. The summed E-state index contributed by atoms with van der Waals surface area (Å²) in [6.07, 6.45) is 7.20. The summed E-state index contributed by atoms with van der Waals surface area (Å²) < 4.78 is 12.6. The van der Waals surface area contributed by atoms with E-state index in [0.717, 1.165) is 36.1 Å². The number of ether oxygens (including phenoxy) is 1. The third-order valence-corrected chi connectivity index (χ3v) is 7.60. The van der Waals surface area contributed by atoms with Gasteiger partial charge in [0.2, 0.25) is 11.7 Å². The van der Waals surface area contributed by atoms with Gasteiger partial charge in [0.1, 0.15) is 5.00 Å². The number of fused-ring (bicyclic) bond motifs is 1. The largest absolute Gasteiger partial charge is 0.462 e. The normalized spacial score (nSPS) is 13.9. The van der Waals surface area contributed by atoms with Gasteiger partial charge in [0.05, 0.1) is 23.7 Å². The minimum absolute atomic E-state index is 0.211. The standard InChI is InChI=1S/C23H26N4O4S2/c1-4-12-27-19(16-10-8-13-31-16)25-26-23(27)32-14(3)20(28)24-21-18(22(29)30-5-2)15-9-6-7-11-17(15)33-21/h4,8,10,13-14H,1,5-7,9,11-12H2,2-3H3,(H,24,28). The number of nitrogens with zero attached hydrogens (tertiary/aromatic N) is 3. The van der Waals surface area contributed by atoms with Crippen LogP contribution in [-0.2, 0) is 28.9 Å². The predicted octanol–water partition coefficient (Wildman–Crippen LogP) is 4.96. The Kier molecular flexibility index (Phi) is 7.34. The second-order valence-corrected chi connectivity index (χ2v) is 9.98. The van der Waals surface area contributed by atoms with E-state index in [1.165, 1.54) is 23.1 Å². The minimum atomic E-state index is -0.476. The quantitative estimate of drug-likeness (QED) is 0.259. The zero-order chi connectivity index (χ0) is 23.4. The molecule has 174 valence electrons. The summed E-state index contributed by atoms with van der Waals surface area (Å²) in [5, 5.41) is 12.1. The highest BCUT2D eigenvalue weighted by atomic mass is 32.2. The highest BCUT2D eigenvalue weighted by Crippen LogP contribution is 2.39. The summed E-state index contributed by atoms with van der Waals surface area (Å²) in [4.78, 5) is 26.9. The molecule has 0 aromatic carbocycles. The molecular weight excluding hydrogens is 460 g/mol. The van der Waals surface area contributed by atoms with Gasteiger partial charge in [-0.15, -0.1) is 28.1 Å². The van der Waals surface area contributed by atoms with Crippen molar-refractivity contribution in [1.29, 1.82) is 0 Å². The smallest absolute Gasteiger partial charge is 0.341 e. The number of rotatable bonds is 9. The van der Waals surface area contributed by atoms with Crippen LogP contribution in [0, 0.1) is 0 Å². The molecule has 1 unspecified atom stereocenters. The SMILES string of the molecule is C=CCn1c(SC(C)C(=O)Nc2sc3c(c2C(=O)OCC)CCCC3)nnc1-c1ccco1. The van der Waals surface area contributed by atoms with Gasteiger partial charge in [-0.05, 0) is 57.2 Å². The molecule has 0 bridgehead atoms. The molecule has 3 aromatic rings. The maximum absolute atomic E-state index is 13.1. The number of aryl methyl sites for hydroxylation is 1. The first-order valence-corrected chi connectivity index (χ1v) is 12.6. The lowest BCUT2D eigenvalue weighted by Gasteiger charge is -2.14. The number of esters is 1. The number of aromatic nitrogens is 3. The van der Waals surface area contributed by atoms with Crippen LogP contribution in [0.1, 0.15) is 47.5 Å². The maximum atomic E-state index is 13.1. The van der Waals surface area contributed by atoms with Crippen molar-refractivity contribution in [2.75, 3.05) is 11.9 Å². The van der Waals surface area contributed by atoms with Crippen LogP contribution in [0.2, 0.25) is 0 Å². The van der Waals surface area contributed by atoms with Crippen molar-refractivity contribution in [2.24, 2.45) is 0 Å². The van der Waals surface area contributed by atoms with Crippen LogP contribution >= 0.6 is 23.1 Å². The average molecular weight is 487 g/mol. The van der Waals surface area contributed by atoms with Gasteiger partial charge in [-0.2, -0.15) is 0 Å². The summed E-state index contributed by atoms with van der Waals surface area (Å²) in [6, 6.07) is 3.59. The van der Waals surface area contributed by atoms with E-state index in [0.29, 0.717) is 40.5 Å². The van der Waals surface area contributed by atoms with Crippen LogP contribution in [0.3, 0.4) is 0 Å². The number of furan rings is 1. The molecular formula is C23H26N4O4S2. The molecule has 4 rings (SSSR count). The molecule has 8 nitrogen and oxygen atoms in total. The lowest BCUT2D eigenvalue weighted by atomic mass is 9.95. The molecule has 0 aliphatic heterocycles. The van der Waals surface area contributed by atoms with Crippen LogP contribution in [0.25, 0.3) is 11.6 Å². The molecule has 3 heterocycles.